The number of aromatic nitrogens is 3. The molecule has 3 heterocycles. The number of ether oxygens (including phenoxy) is 3. The number of rotatable bonds is 8. The van der Waals surface area contributed by atoms with Gasteiger partial charge in [-0.05, 0) is 30.5 Å². The molecule has 168 valence electrons. The van der Waals surface area contributed by atoms with Crippen LogP contribution in [0.2, 0.25) is 0 Å². The first-order valence-corrected chi connectivity index (χ1v) is 10.9. The second kappa shape index (κ2) is 10.1. The SMILES string of the molecule is COc1cc(CN2CCc3nnc(CCNC(=O)[C@@H]4CCCO4)n3CC2)cc(OC)c1. The Bertz CT molecular complexity index is 872. The molecule has 1 atom stereocenters. The smallest absolute Gasteiger partial charge is 0.249 e. The molecule has 9 nitrogen and oxygen atoms in total. The lowest BCUT2D eigenvalue weighted by molar-refractivity contribution is -0.130. The largest absolute Gasteiger partial charge is 0.497 e. The molecule has 31 heavy (non-hydrogen) atoms. The molecule has 1 aromatic heterocycles. The van der Waals surface area contributed by atoms with Crippen LogP contribution in [-0.2, 0) is 35.5 Å². The summed E-state index contributed by atoms with van der Waals surface area (Å²) >= 11 is 0. The molecule has 2 aliphatic rings. The first-order chi connectivity index (χ1) is 15.2. The highest BCUT2D eigenvalue weighted by molar-refractivity contribution is 5.80. The average molecular weight is 430 g/mol. The Morgan fingerprint density at radius 2 is 1.97 bits per heavy atom. The van der Waals surface area contributed by atoms with Crippen LogP contribution in [0.15, 0.2) is 18.2 Å². The number of amides is 1. The normalized spacial score (nSPS) is 19.0. The quantitative estimate of drug-likeness (QED) is 0.674. The Hall–Kier alpha value is -2.65. The lowest BCUT2D eigenvalue weighted by atomic mass is 10.2. The molecule has 1 fully saturated rings. The van der Waals surface area contributed by atoms with Gasteiger partial charge >= 0.3 is 0 Å². The Morgan fingerprint density at radius 3 is 2.68 bits per heavy atom. The molecular weight excluding hydrogens is 398 g/mol. The highest BCUT2D eigenvalue weighted by atomic mass is 16.5. The van der Waals surface area contributed by atoms with E-state index in [4.69, 9.17) is 14.2 Å². The summed E-state index contributed by atoms with van der Waals surface area (Å²) < 4.78 is 18.4. The predicted molar refractivity (Wildman–Crippen MR) is 114 cm³/mol. The van der Waals surface area contributed by atoms with Crippen molar-refractivity contribution in [2.45, 2.75) is 44.9 Å². The lowest BCUT2D eigenvalue weighted by Crippen LogP contribution is -2.35. The number of methoxy groups -OCH3 is 2. The van der Waals surface area contributed by atoms with Gasteiger partial charge in [-0.2, -0.15) is 0 Å². The molecule has 1 amide bonds. The summed E-state index contributed by atoms with van der Waals surface area (Å²) in [6, 6.07) is 5.99. The minimum absolute atomic E-state index is 0.0204. The fourth-order valence-electron chi connectivity index (χ4n) is 4.18. The zero-order valence-corrected chi connectivity index (χ0v) is 18.3. The number of hydrogen-bond acceptors (Lipinski definition) is 7. The van der Waals surface area contributed by atoms with E-state index in [9.17, 15) is 4.79 Å². The maximum Gasteiger partial charge on any atom is 0.249 e. The third-order valence-corrected chi connectivity index (χ3v) is 5.88. The van der Waals surface area contributed by atoms with E-state index in [0.29, 0.717) is 19.6 Å². The molecule has 0 radical (unpaired) electrons. The maximum absolute atomic E-state index is 12.1. The number of nitrogens with zero attached hydrogens (tertiary/aromatic N) is 4. The molecule has 1 saturated heterocycles. The average Bonchev–Trinajstić information content (AvgIpc) is 3.41. The molecule has 9 heteroatoms. The number of benzene rings is 1. The predicted octanol–water partition coefficient (Wildman–Crippen LogP) is 1.19. The van der Waals surface area contributed by atoms with Gasteiger partial charge in [0.1, 0.15) is 29.3 Å². The van der Waals surface area contributed by atoms with Crippen molar-refractivity contribution in [3.8, 4) is 11.5 Å². The van der Waals surface area contributed by atoms with Crippen molar-refractivity contribution in [1.29, 1.82) is 0 Å². The van der Waals surface area contributed by atoms with Crippen molar-refractivity contribution in [3.63, 3.8) is 0 Å². The van der Waals surface area contributed by atoms with E-state index in [1.54, 1.807) is 14.2 Å². The van der Waals surface area contributed by atoms with Crippen molar-refractivity contribution < 1.29 is 19.0 Å². The summed E-state index contributed by atoms with van der Waals surface area (Å²) in [5.41, 5.74) is 1.16. The molecule has 1 aromatic carbocycles. The standard InChI is InChI=1S/C22H31N5O4/c1-29-17-12-16(13-18(14-17)30-2)15-26-8-6-21-25-24-20(27(21)10-9-26)5-7-23-22(28)19-4-3-11-31-19/h12-14,19H,3-11,15H2,1-2H3,(H,23,28)/t19-/m0/s1. The number of hydrogen-bond donors (Lipinski definition) is 1. The summed E-state index contributed by atoms with van der Waals surface area (Å²) in [7, 11) is 3.34. The van der Waals surface area contributed by atoms with Crippen LogP contribution in [0.5, 0.6) is 11.5 Å². The van der Waals surface area contributed by atoms with Gasteiger partial charge in [0.2, 0.25) is 5.91 Å². The molecule has 0 bridgehead atoms. The first-order valence-electron chi connectivity index (χ1n) is 10.9. The molecule has 0 spiro atoms. The zero-order valence-electron chi connectivity index (χ0n) is 18.3. The van der Waals surface area contributed by atoms with E-state index in [1.807, 2.05) is 6.07 Å². The zero-order chi connectivity index (χ0) is 21.6. The first kappa shape index (κ1) is 21.6. The van der Waals surface area contributed by atoms with Crippen LogP contribution in [0.4, 0.5) is 0 Å². The Labute approximate surface area is 182 Å². The van der Waals surface area contributed by atoms with E-state index in [2.05, 4.69) is 37.1 Å². The van der Waals surface area contributed by atoms with Crippen LogP contribution in [0, 0.1) is 0 Å². The fraction of sp³-hybridized carbons (Fsp3) is 0.591. The molecule has 0 saturated carbocycles. The molecular formula is C22H31N5O4. The van der Waals surface area contributed by atoms with Gasteiger partial charge in [0, 0.05) is 58.2 Å². The monoisotopic (exact) mass is 429 g/mol. The maximum atomic E-state index is 12.1. The van der Waals surface area contributed by atoms with Gasteiger partial charge in [0.25, 0.3) is 0 Å². The van der Waals surface area contributed by atoms with E-state index in [-0.39, 0.29) is 12.0 Å². The highest BCUT2D eigenvalue weighted by Gasteiger charge is 2.24. The van der Waals surface area contributed by atoms with Crippen LogP contribution < -0.4 is 14.8 Å². The topological polar surface area (TPSA) is 90.7 Å². The van der Waals surface area contributed by atoms with Crippen LogP contribution in [0.25, 0.3) is 0 Å². The second-order valence-corrected chi connectivity index (χ2v) is 7.97. The van der Waals surface area contributed by atoms with Gasteiger partial charge in [-0.15, -0.1) is 10.2 Å². The lowest BCUT2D eigenvalue weighted by Gasteiger charge is -2.20. The molecule has 1 N–H and O–H groups in total. The third kappa shape index (κ3) is 5.34. The van der Waals surface area contributed by atoms with E-state index >= 15 is 0 Å². The number of fused-ring (bicyclic) bond motifs is 1. The van der Waals surface area contributed by atoms with Gasteiger partial charge in [-0.1, -0.05) is 0 Å². The van der Waals surface area contributed by atoms with Crippen molar-refractivity contribution in [2.75, 3.05) is 40.5 Å². The van der Waals surface area contributed by atoms with Crippen molar-refractivity contribution in [2.24, 2.45) is 0 Å². The number of carbonyl (C=O) groups is 1. The van der Waals surface area contributed by atoms with Crippen LogP contribution >= 0.6 is 0 Å². The summed E-state index contributed by atoms with van der Waals surface area (Å²) in [6.07, 6.45) is 2.98. The van der Waals surface area contributed by atoms with Crippen molar-refractivity contribution in [3.05, 3.63) is 35.4 Å². The molecule has 0 unspecified atom stereocenters. The summed E-state index contributed by atoms with van der Waals surface area (Å²) in [5, 5.41) is 11.7. The van der Waals surface area contributed by atoms with E-state index < -0.39 is 0 Å². The Balaban J connectivity index is 1.32. The molecule has 4 rings (SSSR count). The Kier molecular flexibility index (Phi) is 7.03. The minimum Gasteiger partial charge on any atom is -0.497 e. The van der Waals surface area contributed by atoms with Crippen molar-refractivity contribution in [1.82, 2.24) is 25.0 Å². The summed E-state index contributed by atoms with van der Waals surface area (Å²) in [6.45, 7) is 4.68. The summed E-state index contributed by atoms with van der Waals surface area (Å²) in [4.78, 5) is 14.5. The van der Waals surface area contributed by atoms with Gasteiger partial charge < -0.3 is 24.1 Å². The summed E-state index contributed by atoms with van der Waals surface area (Å²) in [5.74, 6) is 3.51. The molecule has 2 aromatic rings. The number of carbonyl (C=O) groups excluding carboxylic acids is 1. The number of nitrogens with one attached hydrogen (secondary N) is 1. The highest BCUT2D eigenvalue weighted by Crippen LogP contribution is 2.24. The van der Waals surface area contributed by atoms with Crippen molar-refractivity contribution >= 4 is 5.91 Å². The van der Waals surface area contributed by atoms with Gasteiger partial charge in [-0.25, -0.2) is 0 Å². The van der Waals surface area contributed by atoms with Crippen LogP contribution in [0.1, 0.15) is 30.1 Å². The van der Waals surface area contributed by atoms with Gasteiger partial charge in [0.05, 0.1) is 14.2 Å². The van der Waals surface area contributed by atoms with Gasteiger partial charge in [0.15, 0.2) is 0 Å². The fourth-order valence-corrected chi connectivity index (χ4v) is 4.18. The second-order valence-electron chi connectivity index (χ2n) is 7.97. The molecule has 2 aliphatic heterocycles. The Morgan fingerprint density at radius 1 is 1.16 bits per heavy atom. The van der Waals surface area contributed by atoms with E-state index in [0.717, 1.165) is 74.2 Å². The minimum atomic E-state index is -0.292. The van der Waals surface area contributed by atoms with E-state index in [1.165, 1.54) is 0 Å². The van der Waals surface area contributed by atoms with Gasteiger partial charge in [-0.3, -0.25) is 9.69 Å². The van der Waals surface area contributed by atoms with Crippen LogP contribution in [0.3, 0.4) is 0 Å². The van der Waals surface area contributed by atoms with Crippen LogP contribution in [-0.4, -0.2) is 72.1 Å². The third-order valence-electron chi connectivity index (χ3n) is 5.88. The molecule has 0 aliphatic carbocycles.